The number of hydrogen-bond donors (Lipinski definition) is 0. The fourth-order valence-electron chi connectivity index (χ4n) is 0.743. The topological polar surface area (TPSA) is 8.72 Å². The lowest BCUT2D eigenvalue weighted by Crippen LogP contribution is -1.69. The van der Waals surface area contributed by atoms with E-state index in [9.17, 15) is 0 Å². The average Bonchev–Trinajstić information content (AvgIpc) is 2.08. The highest BCUT2D eigenvalue weighted by atomic mass is 35.5. The van der Waals surface area contributed by atoms with Crippen molar-refractivity contribution >= 4 is 34.6 Å². The minimum atomic E-state index is 0.124. The van der Waals surface area contributed by atoms with Crippen LogP contribution in [-0.2, 0) is 0 Å². The van der Waals surface area contributed by atoms with Crippen LogP contribution in [0.5, 0.6) is 0 Å². The van der Waals surface area contributed by atoms with Crippen LogP contribution in [0.1, 0.15) is 0 Å². The van der Waals surface area contributed by atoms with Gasteiger partial charge in [-0.25, -0.2) is 9.69 Å². The first kappa shape index (κ1) is 8.87. The van der Waals surface area contributed by atoms with Crippen molar-refractivity contribution < 1.29 is 0 Å². The lowest BCUT2D eigenvalue weighted by atomic mass is 10.3. The Labute approximate surface area is 80.0 Å². The molecule has 58 valence electrons. The maximum atomic E-state index is 6.76. The van der Waals surface area contributed by atoms with E-state index >= 15 is 0 Å². The Kier molecular flexibility index (Phi) is 2.55. The van der Waals surface area contributed by atoms with Crippen molar-refractivity contribution in [2.45, 2.75) is 0 Å². The summed E-state index contributed by atoms with van der Waals surface area (Å²) in [6.07, 6.45) is 0. The molecule has 0 atom stereocenters. The summed E-state index contributed by atoms with van der Waals surface area (Å²) in [5.41, 5.74) is 0.248. The molecule has 0 fully saturated rings. The van der Waals surface area contributed by atoms with E-state index in [1.165, 1.54) is 12.1 Å². The molecule has 1 rings (SSSR count). The van der Waals surface area contributed by atoms with Gasteiger partial charge >= 0.3 is 0 Å². The van der Waals surface area contributed by atoms with Gasteiger partial charge in [0.15, 0.2) is 0 Å². The summed E-state index contributed by atoms with van der Waals surface area (Å²) in [5, 5.41) is 0.529. The summed E-state index contributed by atoms with van der Waals surface area (Å²) in [4.78, 5) is 6.24. The fraction of sp³-hybridized carbons (Fsp3) is 0. The van der Waals surface area contributed by atoms with Crippen molar-refractivity contribution in [1.29, 1.82) is 0 Å². The Hall–Kier alpha value is -1.22. The molecule has 0 saturated carbocycles. The van der Waals surface area contributed by atoms with Gasteiger partial charge in [-0.15, -0.1) is 0 Å². The smallest absolute Gasteiger partial charge is 0.214 e. The molecule has 0 unspecified atom stereocenters. The van der Waals surface area contributed by atoms with Gasteiger partial charge in [0.1, 0.15) is 0 Å². The molecule has 1 aromatic rings. The highest BCUT2D eigenvalue weighted by Gasteiger charge is 2.10. The third-order valence-corrected chi connectivity index (χ3v) is 1.89. The zero-order valence-electron chi connectivity index (χ0n) is 5.81. The van der Waals surface area contributed by atoms with Gasteiger partial charge in [-0.3, -0.25) is 0 Å². The molecule has 0 aromatic heterocycles. The number of nitrogens with zero attached hydrogens (tertiary/aromatic N) is 2. The first-order valence-electron chi connectivity index (χ1n) is 2.93. The Morgan fingerprint density at radius 3 is 1.50 bits per heavy atom. The zero-order valence-corrected chi connectivity index (χ0v) is 7.32. The van der Waals surface area contributed by atoms with Gasteiger partial charge in [-0.2, -0.15) is 0 Å². The van der Waals surface area contributed by atoms with Crippen molar-refractivity contribution in [3.63, 3.8) is 0 Å². The van der Waals surface area contributed by atoms with Crippen molar-refractivity contribution in [2.75, 3.05) is 0 Å². The molecular weight excluding hydrogens is 195 g/mol. The van der Waals surface area contributed by atoms with E-state index in [0.29, 0.717) is 0 Å². The summed E-state index contributed by atoms with van der Waals surface area (Å²) in [6, 6.07) is 3.01. The van der Waals surface area contributed by atoms with E-state index in [1.54, 1.807) is 0 Å². The summed E-state index contributed by atoms with van der Waals surface area (Å²) in [6.45, 7) is 13.5. The molecule has 4 heteroatoms. The van der Waals surface area contributed by atoms with E-state index in [2.05, 4.69) is 9.69 Å². The SMILES string of the molecule is [C-]#[N+]c1c(Cl)ccc(Cl)c1[N+]#[C-]. The molecule has 0 spiro atoms. The number of rotatable bonds is 0. The summed E-state index contributed by atoms with van der Waals surface area (Å²) < 4.78 is 0. The molecule has 0 aliphatic carbocycles. The summed E-state index contributed by atoms with van der Waals surface area (Å²) in [5.74, 6) is 0. The predicted molar refractivity (Wildman–Crippen MR) is 49.0 cm³/mol. The van der Waals surface area contributed by atoms with Crippen molar-refractivity contribution in [3.05, 3.63) is 45.0 Å². The normalized spacial score (nSPS) is 8.67. The highest BCUT2D eigenvalue weighted by molar-refractivity contribution is 6.38. The zero-order chi connectivity index (χ0) is 9.14. The second-order valence-electron chi connectivity index (χ2n) is 1.95. The number of halogens is 2. The van der Waals surface area contributed by atoms with Gasteiger partial charge in [0.05, 0.1) is 13.1 Å². The second-order valence-corrected chi connectivity index (χ2v) is 2.76. The Morgan fingerprint density at radius 2 is 1.25 bits per heavy atom. The molecule has 0 saturated heterocycles. The minimum Gasteiger partial charge on any atom is -0.248 e. The maximum absolute atomic E-state index is 6.76. The molecule has 0 radical (unpaired) electrons. The van der Waals surface area contributed by atoms with Crippen LogP contribution in [0, 0.1) is 13.1 Å². The lowest BCUT2D eigenvalue weighted by Gasteiger charge is -1.98. The molecular formula is C8H2Cl2N2. The van der Waals surface area contributed by atoms with Crippen molar-refractivity contribution in [3.8, 4) is 0 Å². The van der Waals surface area contributed by atoms with Gasteiger partial charge in [0, 0.05) is 10.0 Å². The van der Waals surface area contributed by atoms with Gasteiger partial charge in [-0.1, -0.05) is 35.3 Å². The van der Waals surface area contributed by atoms with Gasteiger partial charge in [-0.05, 0) is 0 Å². The van der Waals surface area contributed by atoms with Gasteiger partial charge in [0.2, 0.25) is 11.4 Å². The molecule has 12 heavy (non-hydrogen) atoms. The Bertz CT molecular complexity index is 360. The van der Waals surface area contributed by atoms with E-state index in [-0.39, 0.29) is 21.4 Å². The first-order chi connectivity index (χ1) is 5.70. The summed E-state index contributed by atoms with van der Waals surface area (Å²) in [7, 11) is 0. The van der Waals surface area contributed by atoms with E-state index in [4.69, 9.17) is 36.3 Å². The predicted octanol–water partition coefficient (Wildman–Crippen LogP) is 4.09. The largest absolute Gasteiger partial charge is 0.248 e. The lowest BCUT2D eigenvalue weighted by molar-refractivity contribution is 1.71. The Balaban J connectivity index is 3.55. The molecule has 0 aliphatic rings. The molecule has 0 aliphatic heterocycles. The van der Waals surface area contributed by atoms with Crippen LogP contribution in [0.2, 0.25) is 10.0 Å². The van der Waals surface area contributed by atoms with E-state index < -0.39 is 0 Å². The molecule has 0 amide bonds. The van der Waals surface area contributed by atoms with E-state index in [1.807, 2.05) is 0 Å². The van der Waals surface area contributed by atoms with Crippen LogP contribution in [0.3, 0.4) is 0 Å². The van der Waals surface area contributed by atoms with Crippen LogP contribution in [0.15, 0.2) is 12.1 Å². The van der Waals surface area contributed by atoms with Crippen LogP contribution in [0.4, 0.5) is 11.4 Å². The van der Waals surface area contributed by atoms with Gasteiger partial charge in [0.25, 0.3) is 0 Å². The maximum Gasteiger partial charge on any atom is 0.214 e. The third kappa shape index (κ3) is 1.36. The van der Waals surface area contributed by atoms with Crippen LogP contribution in [-0.4, -0.2) is 0 Å². The monoisotopic (exact) mass is 196 g/mol. The van der Waals surface area contributed by atoms with Gasteiger partial charge < -0.3 is 0 Å². The highest BCUT2D eigenvalue weighted by Crippen LogP contribution is 2.40. The fourth-order valence-corrected chi connectivity index (χ4v) is 1.13. The third-order valence-electron chi connectivity index (χ3n) is 1.28. The second kappa shape index (κ2) is 3.45. The van der Waals surface area contributed by atoms with Crippen molar-refractivity contribution in [2.24, 2.45) is 0 Å². The van der Waals surface area contributed by atoms with Crippen LogP contribution >= 0.6 is 23.2 Å². The van der Waals surface area contributed by atoms with Crippen molar-refractivity contribution in [1.82, 2.24) is 0 Å². The minimum absolute atomic E-state index is 0.124. The molecule has 1 aromatic carbocycles. The number of benzene rings is 1. The first-order valence-corrected chi connectivity index (χ1v) is 3.69. The Morgan fingerprint density at radius 1 is 0.917 bits per heavy atom. The molecule has 0 bridgehead atoms. The van der Waals surface area contributed by atoms with Crippen LogP contribution < -0.4 is 0 Å². The van der Waals surface area contributed by atoms with E-state index in [0.717, 1.165) is 0 Å². The average molecular weight is 197 g/mol. The standard InChI is InChI=1S/C8H2Cl2N2/c1-11-7-5(9)3-4-6(10)8(7)12-2/h3-4H. The molecule has 0 heterocycles. The summed E-state index contributed by atoms with van der Waals surface area (Å²) >= 11 is 11.3. The molecule has 2 nitrogen and oxygen atoms in total. The number of hydrogen-bond acceptors (Lipinski definition) is 0. The van der Waals surface area contributed by atoms with Crippen LogP contribution in [0.25, 0.3) is 9.69 Å². The quantitative estimate of drug-likeness (QED) is 0.553. The molecule has 0 N–H and O–H groups in total.